The summed E-state index contributed by atoms with van der Waals surface area (Å²) in [5.41, 5.74) is 2.21. The lowest BCUT2D eigenvalue weighted by molar-refractivity contribution is -0.0997. The molecule has 0 radical (unpaired) electrons. The molecule has 1 atom stereocenters. The van der Waals surface area contributed by atoms with Crippen LogP contribution in [0, 0.1) is 0 Å². The smallest absolute Gasteiger partial charge is 0.269 e. The summed E-state index contributed by atoms with van der Waals surface area (Å²) in [6, 6.07) is 10.0. The minimum absolute atomic E-state index is 0.121. The number of carbonyl (C=O) groups excluding carboxylic acids is 1. The molecule has 2 heterocycles. The lowest BCUT2D eigenvalue weighted by Gasteiger charge is -2.38. The first-order valence-corrected chi connectivity index (χ1v) is 8.60. The first-order chi connectivity index (χ1) is 12.1. The molecule has 1 aliphatic rings. The van der Waals surface area contributed by atoms with Gasteiger partial charge in [-0.3, -0.25) is 9.48 Å². The quantitative estimate of drug-likeness (QED) is 0.874. The van der Waals surface area contributed by atoms with E-state index in [2.05, 4.69) is 22.5 Å². The van der Waals surface area contributed by atoms with E-state index < -0.39 is 5.60 Å². The Kier molecular flexibility index (Phi) is 5.20. The highest BCUT2D eigenvalue weighted by Gasteiger charge is 2.38. The van der Waals surface area contributed by atoms with E-state index in [1.807, 2.05) is 26.0 Å². The van der Waals surface area contributed by atoms with Gasteiger partial charge in [-0.1, -0.05) is 24.3 Å². The summed E-state index contributed by atoms with van der Waals surface area (Å²) in [5, 5.41) is 7.23. The van der Waals surface area contributed by atoms with E-state index in [1.165, 1.54) is 5.56 Å². The Morgan fingerprint density at radius 2 is 2.20 bits per heavy atom. The van der Waals surface area contributed by atoms with Crippen LogP contribution in [-0.2, 0) is 21.5 Å². The zero-order valence-electron chi connectivity index (χ0n) is 15.0. The minimum atomic E-state index is -0.665. The maximum atomic E-state index is 12.7. The molecule has 2 aromatic rings. The second-order valence-corrected chi connectivity index (χ2v) is 6.62. The van der Waals surface area contributed by atoms with Crippen LogP contribution < -0.4 is 5.32 Å². The van der Waals surface area contributed by atoms with Crippen molar-refractivity contribution in [1.29, 1.82) is 0 Å². The summed E-state index contributed by atoms with van der Waals surface area (Å²) in [6.07, 6.45) is 2.52. The number of carbonyl (C=O) groups is 1. The van der Waals surface area contributed by atoms with E-state index in [9.17, 15) is 4.79 Å². The molecule has 6 heteroatoms. The van der Waals surface area contributed by atoms with Crippen LogP contribution in [0.4, 0.5) is 0 Å². The zero-order valence-corrected chi connectivity index (χ0v) is 15.0. The molecule has 0 saturated heterocycles. The SMILES string of the molecule is COCC1(CNC(=O)c2ccnn2C(C)C)OCCc2ccccc21. The Hall–Kier alpha value is -2.18. The molecule has 0 bridgehead atoms. The number of amides is 1. The first kappa shape index (κ1) is 17.6. The van der Waals surface area contributed by atoms with Crippen molar-refractivity contribution in [2.24, 2.45) is 0 Å². The van der Waals surface area contributed by atoms with Crippen LogP contribution in [0.3, 0.4) is 0 Å². The van der Waals surface area contributed by atoms with Crippen molar-refractivity contribution >= 4 is 5.91 Å². The number of nitrogens with zero attached hydrogens (tertiary/aromatic N) is 2. The predicted molar refractivity (Wildman–Crippen MR) is 94.6 cm³/mol. The van der Waals surface area contributed by atoms with Crippen LogP contribution in [0.15, 0.2) is 36.5 Å². The molecular weight excluding hydrogens is 318 g/mol. The molecule has 25 heavy (non-hydrogen) atoms. The van der Waals surface area contributed by atoms with Crippen LogP contribution in [0.5, 0.6) is 0 Å². The molecule has 0 saturated carbocycles. The molecule has 1 amide bonds. The summed E-state index contributed by atoms with van der Waals surface area (Å²) in [5.74, 6) is -0.159. The number of hydrogen-bond donors (Lipinski definition) is 1. The van der Waals surface area contributed by atoms with E-state index in [1.54, 1.807) is 24.1 Å². The second-order valence-electron chi connectivity index (χ2n) is 6.62. The van der Waals surface area contributed by atoms with Crippen molar-refractivity contribution in [3.05, 3.63) is 53.3 Å². The van der Waals surface area contributed by atoms with Gasteiger partial charge in [0.25, 0.3) is 5.91 Å². The zero-order chi connectivity index (χ0) is 17.9. The number of aromatic nitrogens is 2. The number of nitrogens with one attached hydrogen (secondary N) is 1. The van der Waals surface area contributed by atoms with Gasteiger partial charge < -0.3 is 14.8 Å². The van der Waals surface area contributed by atoms with Crippen molar-refractivity contribution in [2.75, 3.05) is 26.9 Å². The van der Waals surface area contributed by atoms with Gasteiger partial charge >= 0.3 is 0 Å². The molecule has 1 N–H and O–H groups in total. The summed E-state index contributed by atoms with van der Waals surface area (Å²) in [6.45, 7) is 5.33. The number of hydrogen-bond acceptors (Lipinski definition) is 4. The normalized spacial score (nSPS) is 19.7. The van der Waals surface area contributed by atoms with Crippen molar-refractivity contribution in [1.82, 2.24) is 15.1 Å². The molecule has 0 fully saturated rings. The molecular formula is C19H25N3O3. The average Bonchev–Trinajstić information content (AvgIpc) is 3.10. The van der Waals surface area contributed by atoms with Gasteiger partial charge in [0.2, 0.25) is 0 Å². The molecule has 1 unspecified atom stereocenters. The standard InChI is InChI=1S/C19H25N3O3/c1-14(2)22-17(8-10-21-22)18(23)20-12-19(13-24-3)16-7-5-4-6-15(16)9-11-25-19/h4-8,10,14H,9,11-13H2,1-3H3,(H,20,23). The molecule has 1 aromatic carbocycles. The van der Waals surface area contributed by atoms with Gasteiger partial charge in [-0.05, 0) is 37.5 Å². The lowest BCUT2D eigenvalue weighted by Crippen LogP contribution is -2.49. The predicted octanol–water partition coefficient (Wildman–Crippen LogP) is 2.31. The van der Waals surface area contributed by atoms with Gasteiger partial charge in [-0.25, -0.2) is 0 Å². The number of ether oxygens (including phenoxy) is 2. The van der Waals surface area contributed by atoms with Crippen LogP contribution >= 0.6 is 0 Å². The topological polar surface area (TPSA) is 65.4 Å². The monoisotopic (exact) mass is 343 g/mol. The number of benzene rings is 1. The third-order valence-electron chi connectivity index (χ3n) is 4.56. The van der Waals surface area contributed by atoms with Gasteiger partial charge in [-0.15, -0.1) is 0 Å². The number of methoxy groups -OCH3 is 1. The van der Waals surface area contributed by atoms with Crippen LogP contribution in [0.1, 0.15) is 41.5 Å². The molecule has 0 aliphatic carbocycles. The Morgan fingerprint density at radius 1 is 1.40 bits per heavy atom. The Balaban J connectivity index is 1.82. The first-order valence-electron chi connectivity index (χ1n) is 8.60. The van der Waals surface area contributed by atoms with Gasteiger partial charge in [-0.2, -0.15) is 5.10 Å². The van der Waals surface area contributed by atoms with Gasteiger partial charge in [0, 0.05) is 19.3 Å². The van der Waals surface area contributed by atoms with Crippen molar-refractivity contribution < 1.29 is 14.3 Å². The summed E-state index contributed by atoms with van der Waals surface area (Å²) >= 11 is 0. The third-order valence-corrected chi connectivity index (χ3v) is 4.56. The molecule has 6 nitrogen and oxygen atoms in total. The van der Waals surface area contributed by atoms with Crippen molar-refractivity contribution in [2.45, 2.75) is 31.9 Å². The molecule has 134 valence electrons. The Labute approximate surface area is 148 Å². The highest BCUT2D eigenvalue weighted by atomic mass is 16.5. The fourth-order valence-electron chi connectivity index (χ4n) is 3.39. The summed E-state index contributed by atoms with van der Waals surface area (Å²) in [7, 11) is 1.65. The average molecular weight is 343 g/mol. The largest absolute Gasteiger partial charge is 0.381 e. The molecule has 0 spiro atoms. The van der Waals surface area contributed by atoms with E-state index in [0.717, 1.165) is 12.0 Å². The number of fused-ring (bicyclic) bond motifs is 1. The maximum Gasteiger partial charge on any atom is 0.269 e. The fraction of sp³-hybridized carbons (Fsp3) is 0.474. The summed E-state index contributed by atoms with van der Waals surface area (Å²) in [4.78, 5) is 12.7. The van der Waals surface area contributed by atoms with Crippen LogP contribution in [0.25, 0.3) is 0 Å². The second kappa shape index (κ2) is 7.37. The highest BCUT2D eigenvalue weighted by Crippen LogP contribution is 2.33. The Bertz CT molecular complexity index is 741. The van der Waals surface area contributed by atoms with Crippen molar-refractivity contribution in [3.63, 3.8) is 0 Å². The molecule has 1 aromatic heterocycles. The lowest BCUT2D eigenvalue weighted by atomic mass is 9.86. The number of rotatable bonds is 6. The molecule has 3 rings (SSSR count). The highest BCUT2D eigenvalue weighted by molar-refractivity contribution is 5.92. The summed E-state index contributed by atoms with van der Waals surface area (Å²) < 4.78 is 13.3. The van der Waals surface area contributed by atoms with E-state index in [-0.39, 0.29) is 11.9 Å². The van der Waals surface area contributed by atoms with E-state index >= 15 is 0 Å². The van der Waals surface area contributed by atoms with Crippen LogP contribution in [0.2, 0.25) is 0 Å². The van der Waals surface area contributed by atoms with E-state index in [4.69, 9.17) is 9.47 Å². The van der Waals surface area contributed by atoms with Gasteiger partial charge in [0.05, 0.1) is 19.8 Å². The maximum absolute atomic E-state index is 12.7. The van der Waals surface area contributed by atoms with Crippen molar-refractivity contribution in [3.8, 4) is 0 Å². The van der Waals surface area contributed by atoms with Gasteiger partial charge in [0.1, 0.15) is 11.3 Å². The fourth-order valence-corrected chi connectivity index (χ4v) is 3.39. The molecule has 1 aliphatic heterocycles. The Morgan fingerprint density at radius 3 is 2.96 bits per heavy atom. The van der Waals surface area contributed by atoms with E-state index in [0.29, 0.717) is 25.5 Å². The van der Waals surface area contributed by atoms with Crippen LogP contribution in [-0.4, -0.2) is 42.6 Å². The minimum Gasteiger partial charge on any atom is -0.381 e. The van der Waals surface area contributed by atoms with Gasteiger partial charge in [0.15, 0.2) is 0 Å². The third kappa shape index (κ3) is 3.45.